The number of ether oxygens (including phenoxy) is 1. The molecule has 0 aliphatic carbocycles. The average Bonchev–Trinajstić information content (AvgIpc) is 2.43. The average molecular weight is 262 g/mol. The van der Waals surface area contributed by atoms with E-state index in [4.69, 9.17) is 10.5 Å². The number of carbonyl (C=O) groups is 2. The molecule has 19 heavy (non-hydrogen) atoms. The third-order valence-corrected chi connectivity index (χ3v) is 2.60. The number of hydrogen-bond acceptors (Lipinski definition) is 4. The molecule has 4 N–H and O–H groups in total. The van der Waals surface area contributed by atoms with Gasteiger partial charge in [-0.15, -0.1) is 0 Å². The van der Waals surface area contributed by atoms with Crippen LogP contribution in [-0.4, -0.2) is 31.3 Å². The van der Waals surface area contributed by atoms with E-state index in [0.717, 1.165) is 5.56 Å². The molecule has 0 unspecified atom stereocenters. The number of nitrogens with two attached hydrogens (primary N) is 1. The third-order valence-electron chi connectivity index (χ3n) is 2.60. The van der Waals surface area contributed by atoms with E-state index < -0.39 is 5.91 Å². The van der Waals surface area contributed by atoms with E-state index in [0.29, 0.717) is 11.4 Å². The summed E-state index contributed by atoms with van der Waals surface area (Å²) in [5.41, 5.74) is 6.79. The van der Waals surface area contributed by atoms with Crippen LogP contribution in [0.2, 0.25) is 0 Å². The first-order chi connectivity index (χ1) is 9.10. The van der Waals surface area contributed by atoms with Gasteiger partial charge >= 0.3 is 0 Å². The lowest BCUT2D eigenvalue weighted by atomic mass is 10.1. The van der Waals surface area contributed by atoms with Crippen molar-refractivity contribution in [3.05, 3.63) is 23.8 Å². The summed E-state index contributed by atoms with van der Waals surface area (Å²) < 4.78 is 5.23. The summed E-state index contributed by atoms with van der Waals surface area (Å²) in [6, 6.07) is 5.29. The van der Waals surface area contributed by atoms with E-state index >= 15 is 0 Å². The summed E-state index contributed by atoms with van der Waals surface area (Å²) in [5.74, 6) is -0.0875. The van der Waals surface area contributed by atoms with Gasteiger partial charge in [-0.2, -0.15) is 0 Å². The molecule has 0 saturated carbocycles. The molecule has 2 rings (SSSR count). The van der Waals surface area contributed by atoms with E-state index in [2.05, 4.69) is 15.6 Å². The number of amidine groups is 1. The van der Waals surface area contributed by atoms with Crippen LogP contribution in [0.4, 0.5) is 5.69 Å². The highest BCUT2D eigenvalue weighted by Crippen LogP contribution is 2.28. The first kappa shape index (κ1) is 12.9. The minimum absolute atomic E-state index is 0.0204. The molecule has 1 aliphatic rings. The molecule has 0 aromatic heterocycles. The molecule has 7 nitrogen and oxygen atoms in total. The van der Waals surface area contributed by atoms with Gasteiger partial charge in [-0.1, -0.05) is 6.07 Å². The Labute approximate surface area is 109 Å². The second-order valence-corrected chi connectivity index (χ2v) is 3.96. The highest BCUT2D eigenvalue weighted by atomic mass is 16.5. The number of amides is 2. The molecule has 1 aromatic carbocycles. The first-order valence-corrected chi connectivity index (χ1v) is 5.66. The van der Waals surface area contributed by atoms with Crippen LogP contribution in [0.25, 0.3) is 0 Å². The van der Waals surface area contributed by atoms with Gasteiger partial charge in [0.1, 0.15) is 5.75 Å². The number of nitrogens with zero attached hydrogens (tertiary/aromatic N) is 1. The standard InChI is InChI=1S/C12H14N4O3/c1-14-11(13)12(18)15-5-7-2-3-9-8(4-7)16-10(17)6-19-9/h2-4H,5-6H2,1H3,(H2,13,14)(H,15,18)(H,16,17). The highest BCUT2D eigenvalue weighted by Gasteiger charge is 2.16. The summed E-state index contributed by atoms with van der Waals surface area (Å²) in [5, 5.41) is 5.32. The molecular weight excluding hydrogens is 248 g/mol. The molecule has 100 valence electrons. The summed E-state index contributed by atoms with van der Waals surface area (Å²) in [6.45, 7) is 0.310. The van der Waals surface area contributed by atoms with Gasteiger partial charge in [0, 0.05) is 13.6 Å². The van der Waals surface area contributed by atoms with Gasteiger partial charge in [0.15, 0.2) is 12.4 Å². The zero-order chi connectivity index (χ0) is 13.8. The van der Waals surface area contributed by atoms with Crippen LogP contribution in [0.3, 0.4) is 0 Å². The predicted octanol–water partition coefficient (Wildman–Crippen LogP) is -0.379. The maximum atomic E-state index is 11.4. The number of rotatable bonds is 2. The van der Waals surface area contributed by atoms with Crippen molar-refractivity contribution < 1.29 is 14.3 Å². The van der Waals surface area contributed by atoms with Crippen LogP contribution in [0, 0.1) is 0 Å². The molecule has 0 fully saturated rings. The Kier molecular flexibility index (Phi) is 3.65. The fraction of sp³-hybridized carbons (Fsp3) is 0.250. The smallest absolute Gasteiger partial charge is 0.286 e. The number of carbonyl (C=O) groups excluding carboxylic acids is 2. The second-order valence-electron chi connectivity index (χ2n) is 3.96. The molecule has 1 aromatic rings. The van der Waals surface area contributed by atoms with Gasteiger partial charge in [-0.05, 0) is 17.7 Å². The van der Waals surface area contributed by atoms with Crippen LogP contribution in [0.15, 0.2) is 23.2 Å². The number of anilines is 1. The number of fused-ring (bicyclic) bond motifs is 1. The molecule has 1 heterocycles. The van der Waals surface area contributed by atoms with Crippen molar-refractivity contribution in [2.24, 2.45) is 10.7 Å². The maximum Gasteiger partial charge on any atom is 0.286 e. The molecule has 0 spiro atoms. The van der Waals surface area contributed by atoms with Crippen LogP contribution >= 0.6 is 0 Å². The topological polar surface area (TPSA) is 106 Å². The first-order valence-electron chi connectivity index (χ1n) is 5.66. The Morgan fingerprint density at radius 3 is 3.11 bits per heavy atom. The SMILES string of the molecule is CN=C(N)C(=O)NCc1ccc2c(c1)NC(=O)CO2. The minimum Gasteiger partial charge on any atom is -0.482 e. The zero-order valence-corrected chi connectivity index (χ0v) is 10.4. The lowest BCUT2D eigenvalue weighted by Crippen LogP contribution is -2.35. The van der Waals surface area contributed by atoms with Gasteiger partial charge < -0.3 is 21.1 Å². The monoisotopic (exact) mass is 262 g/mol. The Bertz CT molecular complexity index is 554. The number of benzene rings is 1. The Hall–Kier alpha value is -2.57. The fourth-order valence-corrected chi connectivity index (χ4v) is 1.61. The van der Waals surface area contributed by atoms with Gasteiger partial charge in [-0.25, -0.2) is 0 Å². The summed E-state index contributed by atoms with van der Waals surface area (Å²) in [6.07, 6.45) is 0. The predicted molar refractivity (Wildman–Crippen MR) is 70.0 cm³/mol. The van der Waals surface area contributed by atoms with Gasteiger partial charge in [-0.3, -0.25) is 14.6 Å². The van der Waals surface area contributed by atoms with Crippen LogP contribution in [-0.2, 0) is 16.1 Å². The quantitative estimate of drug-likeness (QED) is 0.499. The Morgan fingerprint density at radius 1 is 1.58 bits per heavy atom. The molecule has 0 saturated heterocycles. The van der Waals surface area contributed by atoms with Crippen LogP contribution < -0.4 is 21.1 Å². The Balaban J connectivity index is 2.04. The zero-order valence-electron chi connectivity index (χ0n) is 10.4. The second kappa shape index (κ2) is 5.38. The Morgan fingerprint density at radius 2 is 2.37 bits per heavy atom. The van der Waals surface area contributed by atoms with Crippen molar-refractivity contribution in [1.29, 1.82) is 0 Å². The minimum atomic E-state index is -0.430. The molecule has 0 bridgehead atoms. The van der Waals surface area contributed by atoms with Crippen LogP contribution in [0.5, 0.6) is 5.75 Å². The van der Waals surface area contributed by atoms with Crippen molar-refractivity contribution in [2.45, 2.75) is 6.54 Å². The molecule has 0 atom stereocenters. The van der Waals surface area contributed by atoms with E-state index in [1.807, 2.05) is 0 Å². The normalized spacial score (nSPS) is 14.2. The van der Waals surface area contributed by atoms with E-state index in [1.165, 1.54) is 7.05 Å². The highest BCUT2D eigenvalue weighted by molar-refractivity contribution is 6.37. The molecular formula is C12H14N4O3. The third kappa shape index (κ3) is 3.01. The van der Waals surface area contributed by atoms with E-state index in [9.17, 15) is 9.59 Å². The lowest BCUT2D eigenvalue weighted by molar-refractivity contribution is -0.118. The summed E-state index contributed by atoms with van der Waals surface area (Å²) >= 11 is 0. The van der Waals surface area contributed by atoms with E-state index in [1.54, 1.807) is 18.2 Å². The van der Waals surface area contributed by atoms with E-state index in [-0.39, 0.29) is 24.9 Å². The van der Waals surface area contributed by atoms with Crippen molar-refractivity contribution in [3.8, 4) is 5.75 Å². The van der Waals surface area contributed by atoms with Gasteiger partial charge in [0.2, 0.25) is 0 Å². The van der Waals surface area contributed by atoms with Gasteiger partial charge in [0.25, 0.3) is 11.8 Å². The maximum absolute atomic E-state index is 11.4. The van der Waals surface area contributed by atoms with Crippen molar-refractivity contribution >= 4 is 23.3 Å². The molecule has 1 aliphatic heterocycles. The van der Waals surface area contributed by atoms with Crippen LogP contribution in [0.1, 0.15) is 5.56 Å². The fourth-order valence-electron chi connectivity index (χ4n) is 1.61. The van der Waals surface area contributed by atoms with Crippen molar-refractivity contribution in [3.63, 3.8) is 0 Å². The largest absolute Gasteiger partial charge is 0.482 e. The summed E-state index contributed by atoms with van der Waals surface area (Å²) in [4.78, 5) is 26.2. The summed E-state index contributed by atoms with van der Waals surface area (Å²) in [7, 11) is 1.45. The molecule has 7 heteroatoms. The van der Waals surface area contributed by atoms with Crippen molar-refractivity contribution in [1.82, 2.24) is 5.32 Å². The molecule has 2 amide bonds. The number of hydrogen-bond donors (Lipinski definition) is 3. The lowest BCUT2D eigenvalue weighted by Gasteiger charge is -2.18. The molecule has 0 radical (unpaired) electrons. The van der Waals surface area contributed by atoms with Gasteiger partial charge in [0.05, 0.1) is 5.69 Å². The number of nitrogens with one attached hydrogen (secondary N) is 2. The number of aliphatic imine (C=N–C) groups is 1. The van der Waals surface area contributed by atoms with Crippen molar-refractivity contribution in [2.75, 3.05) is 19.0 Å².